The van der Waals surface area contributed by atoms with Gasteiger partial charge in [-0.05, 0) is 31.7 Å². The van der Waals surface area contributed by atoms with Gasteiger partial charge in [0.05, 0.1) is 5.92 Å². The quantitative estimate of drug-likeness (QED) is 0.809. The summed E-state index contributed by atoms with van der Waals surface area (Å²) in [6, 6.07) is 0.422. The number of carbonyl (C=O) groups is 1. The first-order valence-corrected chi connectivity index (χ1v) is 7.11. The average molecular weight is 277 g/mol. The summed E-state index contributed by atoms with van der Waals surface area (Å²) < 4.78 is 0. The lowest BCUT2D eigenvalue weighted by Crippen LogP contribution is -2.45. The molecule has 1 aliphatic heterocycles. The van der Waals surface area contributed by atoms with E-state index in [1.54, 1.807) is 0 Å². The molecule has 0 aromatic rings. The lowest BCUT2D eigenvalue weighted by atomic mass is 10.0. The van der Waals surface area contributed by atoms with E-state index in [4.69, 9.17) is 0 Å². The van der Waals surface area contributed by atoms with Crippen LogP contribution in [-0.4, -0.2) is 36.5 Å². The molecule has 108 valence electrons. The maximum Gasteiger partial charge on any atom is 0.227 e. The van der Waals surface area contributed by atoms with E-state index in [0.29, 0.717) is 17.9 Å². The van der Waals surface area contributed by atoms with Crippen LogP contribution in [0.4, 0.5) is 0 Å². The number of amides is 1. The Morgan fingerprint density at radius 3 is 2.33 bits per heavy atom. The fraction of sp³-hybridized carbons (Fsp3) is 0.929. The Kier molecular flexibility index (Phi) is 8.62. The molecule has 1 unspecified atom stereocenters. The van der Waals surface area contributed by atoms with Crippen LogP contribution in [0.15, 0.2) is 0 Å². The summed E-state index contributed by atoms with van der Waals surface area (Å²) in [5, 5.41) is 3.29. The zero-order valence-corrected chi connectivity index (χ0v) is 13.1. The van der Waals surface area contributed by atoms with Crippen LogP contribution in [0.25, 0.3) is 0 Å². The van der Waals surface area contributed by atoms with Crippen LogP contribution in [0.2, 0.25) is 0 Å². The first-order chi connectivity index (χ1) is 8.10. The van der Waals surface area contributed by atoms with E-state index < -0.39 is 0 Å². The Morgan fingerprint density at radius 1 is 1.33 bits per heavy atom. The molecule has 1 fully saturated rings. The van der Waals surface area contributed by atoms with E-state index in [1.807, 2.05) is 0 Å². The van der Waals surface area contributed by atoms with Crippen LogP contribution in [0.5, 0.6) is 0 Å². The van der Waals surface area contributed by atoms with Gasteiger partial charge in [-0.1, -0.05) is 27.7 Å². The van der Waals surface area contributed by atoms with Gasteiger partial charge >= 0.3 is 0 Å². The predicted molar refractivity (Wildman–Crippen MR) is 79.1 cm³/mol. The van der Waals surface area contributed by atoms with Crippen molar-refractivity contribution in [3.05, 3.63) is 0 Å². The summed E-state index contributed by atoms with van der Waals surface area (Å²) in [5.41, 5.74) is 0. The summed E-state index contributed by atoms with van der Waals surface area (Å²) in [4.78, 5) is 14.7. The van der Waals surface area contributed by atoms with E-state index in [9.17, 15) is 4.79 Å². The molecule has 18 heavy (non-hydrogen) atoms. The fourth-order valence-electron chi connectivity index (χ4n) is 2.64. The third-order valence-corrected chi connectivity index (χ3v) is 3.64. The van der Waals surface area contributed by atoms with Crippen LogP contribution in [0, 0.1) is 11.8 Å². The van der Waals surface area contributed by atoms with Crippen molar-refractivity contribution in [3.8, 4) is 0 Å². The Balaban J connectivity index is 0.00000289. The molecule has 0 aromatic carbocycles. The van der Waals surface area contributed by atoms with Gasteiger partial charge in [0.25, 0.3) is 0 Å². The Morgan fingerprint density at radius 2 is 1.94 bits per heavy atom. The van der Waals surface area contributed by atoms with Crippen LogP contribution in [0.1, 0.15) is 47.0 Å². The van der Waals surface area contributed by atoms with Crippen LogP contribution < -0.4 is 5.32 Å². The molecular weight excluding hydrogens is 248 g/mol. The maximum atomic E-state index is 12.5. The highest BCUT2D eigenvalue weighted by Gasteiger charge is 2.30. The molecule has 0 spiro atoms. The third-order valence-electron chi connectivity index (χ3n) is 3.64. The van der Waals surface area contributed by atoms with E-state index in [2.05, 4.69) is 37.9 Å². The fourth-order valence-corrected chi connectivity index (χ4v) is 2.64. The number of halogens is 1. The summed E-state index contributed by atoms with van der Waals surface area (Å²) in [6.07, 6.45) is 3.14. The van der Waals surface area contributed by atoms with Gasteiger partial charge in [0.1, 0.15) is 0 Å². The van der Waals surface area contributed by atoms with E-state index in [-0.39, 0.29) is 18.3 Å². The van der Waals surface area contributed by atoms with Gasteiger partial charge in [-0.3, -0.25) is 4.79 Å². The minimum atomic E-state index is 0. The first-order valence-electron chi connectivity index (χ1n) is 7.11. The van der Waals surface area contributed by atoms with Gasteiger partial charge in [0.2, 0.25) is 5.91 Å². The molecular formula is C14H29ClN2O. The highest BCUT2D eigenvalue weighted by atomic mass is 35.5. The number of hydrogen-bond acceptors (Lipinski definition) is 2. The zero-order chi connectivity index (χ0) is 12.8. The number of carbonyl (C=O) groups excluding carboxylic acids is 1. The molecule has 1 heterocycles. The van der Waals surface area contributed by atoms with Crippen molar-refractivity contribution < 1.29 is 4.79 Å². The van der Waals surface area contributed by atoms with Gasteiger partial charge in [0, 0.05) is 19.1 Å². The maximum absolute atomic E-state index is 12.5. The second kappa shape index (κ2) is 8.76. The second-order valence-corrected chi connectivity index (χ2v) is 5.54. The van der Waals surface area contributed by atoms with Gasteiger partial charge < -0.3 is 10.2 Å². The van der Waals surface area contributed by atoms with E-state index in [1.165, 1.54) is 0 Å². The molecule has 4 heteroatoms. The minimum absolute atomic E-state index is 0. The molecule has 1 atom stereocenters. The lowest BCUT2D eigenvalue weighted by molar-refractivity contribution is -0.138. The Hall–Kier alpha value is -0.280. The highest BCUT2D eigenvalue weighted by molar-refractivity contribution is 5.85. The van der Waals surface area contributed by atoms with Crippen molar-refractivity contribution in [1.82, 2.24) is 10.2 Å². The molecule has 0 bridgehead atoms. The van der Waals surface area contributed by atoms with Crippen LogP contribution in [-0.2, 0) is 4.79 Å². The highest BCUT2D eigenvalue weighted by Crippen LogP contribution is 2.18. The monoisotopic (exact) mass is 276 g/mol. The predicted octanol–water partition coefficient (Wildman–Crippen LogP) is 2.69. The van der Waals surface area contributed by atoms with Crippen molar-refractivity contribution in [2.45, 2.75) is 53.0 Å². The molecule has 3 nitrogen and oxygen atoms in total. The van der Waals surface area contributed by atoms with Crippen LogP contribution >= 0.6 is 12.4 Å². The van der Waals surface area contributed by atoms with Gasteiger partial charge in [-0.2, -0.15) is 0 Å². The summed E-state index contributed by atoms with van der Waals surface area (Å²) in [5.74, 6) is 1.14. The third kappa shape index (κ3) is 4.77. The van der Waals surface area contributed by atoms with Crippen molar-refractivity contribution in [3.63, 3.8) is 0 Å². The minimum Gasteiger partial charge on any atom is -0.339 e. The molecule has 1 amide bonds. The standard InChI is InChI=1S/C14H28N2O.ClH/c1-5-13(6-2)16(10-11(3)4)14(17)12-7-8-15-9-12;/h11-13,15H,5-10H2,1-4H3;1H. The molecule has 1 rings (SSSR count). The van der Waals surface area contributed by atoms with Gasteiger partial charge in [0.15, 0.2) is 0 Å². The number of hydrogen-bond donors (Lipinski definition) is 1. The zero-order valence-electron chi connectivity index (χ0n) is 12.2. The van der Waals surface area contributed by atoms with Crippen molar-refractivity contribution in [2.24, 2.45) is 11.8 Å². The molecule has 1 N–H and O–H groups in total. The molecule has 1 saturated heterocycles. The Labute approximate surface area is 118 Å². The lowest BCUT2D eigenvalue weighted by Gasteiger charge is -2.34. The summed E-state index contributed by atoms with van der Waals surface area (Å²) in [6.45, 7) is 11.5. The Bertz CT molecular complexity index is 236. The number of nitrogens with zero attached hydrogens (tertiary/aromatic N) is 1. The van der Waals surface area contributed by atoms with Gasteiger partial charge in [-0.25, -0.2) is 0 Å². The number of rotatable bonds is 6. The SMILES string of the molecule is CCC(CC)N(CC(C)C)C(=O)C1CCNC1.Cl. The molecule has 0 saturated carbocycles. The van der Waals surface area contributed by atoms with E-state index in [0.717, 1.165) is 38.9 Å². The molecule has 0 aliphatic carbocycles. The topological polar surface area (TPSA) is 32.3 Å². The normalized spacial score (nSPS) is 19.1. The first kappa shape index (κ1) is 17.7. The molecule has 0 radical (unpaired) electrons. The number of nitrogens with one attached hydrogen (secondary N) is 1. The van der Waals surface area contributed by atoms with Crippen molar-refractivity contribution in [2.75, 3.05) is 19.6 Å². The smallest absolute Gasteiger partial charge is 0.227 e. The average Bonchev–Trinajstić information content (AvgIpc) is 2.81. The second-order valence-electron chi connectivity index (χ2n) is 5.54. The van der Waals surface area contributed by atoms with Crippen molar-refractivity contribution in [1.29, 1.82) is 0 Å². The largest absolute Gasteiger partial charge is 0.339 e. The van der Waals surface area contributed by atoms with E-state index >= 15 is 0 Å². The van der Waals surface area contributed by atoms with Crippen molar-refractivity contribution >= 4 is 18.3 Å². The molecule has 1 aliphatic rings. The van der Waals surface area contributed by atoms with Crippen LogP contribution in [0.3, 0.4) is 0 Å². The summed E-state index contributed by atoms with van der Waals surface area (Å²) in [7, 11) is 0. The summed E-state index contributed by atoms with van der Waals surface area (Å²) >= 11 is 0. The van der Waals surface area contributed by atoms with Gasteiger partial charge in [-0.15, -0.1) is 12.4 Å². The molecule has 0 aromatic heterocycles.